The van der Waals surface area contributed by atoms with Crippen molar-refractivity contribution in [1.29, 1.82) is 0 Å². The van der Waals surface area contributed by atoms with Crippen LogP contribution in [0.2, 0.25) is 0 Å². The fourth-order valence-corrected chi connectivity index (χ4v) is 3.92. The second kappa shape index (κ2) is 9.31. The Morgan fingerprint density at radius 2 is 1.76 bits per heavy atom. The van der Waals surface area contributed by atoms with Gasteiger partial charge in [0, 0.05) is 49.2 Å². The van der Waals surface area contributed by atoms with Gasteiger partial charge in [0.05, 0.1) is 5.03 Å². The molecule has 0 bridgehead atoms. The highest BCUT2D eigenvalue weighted by Crippen LogP contribution is 2.23. The molecule has 3 rings (SSSR count). The molecule has 29 heavy (non-hydrogen) atoms. The van der Waals surface area contributed by atoms with E-state index in [4.69, 9.17) is 0 Å². The molecule has 1 aliphatic heterocycles. The maximum Gasteiger partial charge on any atom is 0.321 e. The van der Waals surface area contributed by atoms with Crippen molar-refractivity contribution in [1.82, 2.24) is 14.8 Å². The molecule has 2 heterocycles. The van der Waals surface area contributed by atoms with Gasteiger partial charge in [-0.2, -0.15) is 0 Å². The van der Waals surface area contributed by atoms with E-state index >= 15 is 0 Å². The molecule has 1 aliphatic rings. The number of nitrogens with zero attached hydrogens (tertiary/aromatic N) is 3. The number of benzene rings is 1. The van der Waals surface area contributed by atoms with Crippen LogP contribution < -0.4 is 5.32 Å². The molecular weight excluding hydrogens is 384 g/mol. The van der Waals surface area contributed by atoms with Gasteiger partial charge in [0.2, 0.25) is 5.91 Å². The largest absolute Gasteiger partial charge is 0.339 e. The monoisotopic (exact) mass is 412 g/mol. The number of anilines is 1. The molecule has 0 radical (unpaired) electrons. The molecule has 154 valence electrons. The molecule has 7 heteroatoms. The highest BCUT2D eigenvalue weighted by atomic mass is 32.2. The third-order valence-corrected chi connectivity index (χ3v) is 5.71. The molecule has 2 aromatic rings. The van der Waals surface area contributed by atoms with Crippen molar-refractivity contribution in [2.45, 2.75) is 31.6 Å². The lowest BCUT2D eigenvalue weighted by molar-refractivity contribution is -0.140. The third-order valence-electron chi connectivity index (χ3n) is 4.70. The number of hydrogen-bond donors (Lipinski definition) is 1. The number of pyridine rings is 1. The van der Waals surface area contributed by atoms with E-state index < -0.39 is 5.41 Å². The van der Waals surface area contributed by atoms with E-state index in [2.05, 4.69) is 10.3 Å². The van der Waals surface area contributed by atoms with Gasteiger partial charge in [-0.15, -0.1) is 11.8 Å². The SMILES string of the molecule is CC(C)(C)C(=O)N1CCN(C(=O)Nc2cccc(CSc3ccccn3)c2)CC1. The molecule has 1 aromatic carbocycles. The van der Waals surface area contributed by atoms with Gasteiger partial charge >= 0.3 is 6.03 Å². The van der Waals surface area contributed by atoms with E-state index in [9.17, 15) is 9.59 Å². The van der Waals surface area contributed by atoms with Crippen molar-refractivity contribution < 1.29 is 9.59 Å². The van der Waals surface area contributed by atoms with Crippen LogP contribution in [0.5, 0.6) is 0 Å². The predicted octanol–water partition coefficient (Wildman–Crippen LogP) is 4.10. The fourth-order valence-electron chi connectivity index (χ4n) is 3.12. The van der Waals surface area contributed by atoms with Crippen molar-refractivity contribution in [3.63, 3.8) is 0 Å². The molecule has 0 spiro atoms. The van der Waals surface area contributed by atoms with E-state index in [1.54, 1.807) is 22.9 Å². The van der Waals surface area contributed by atoms with Crippen LogP contribution in [0.15, 0.2) is 53.7 Å². The number of urea groups is 1. The van der Waals surface area contributed by atoms with Gasteiger partial charge in [0.25, 0.3) is 0 Å². The average Bonchev–Trinajstić information content (AvgIpc) is 2.72. The van der Waals surface area contributed by atoms with Crippen molar-refractivity contribution in [3.8, 4) is 0 Å². The van der Waals surface area contributed by atoms with Crippen LogP contribution in [0, 0.1) is 5.41 Å². The highest BCUT2D eigenvalue weighted by molar-refractivity contribution is 7.98. The summed E-state index contributed by atoms with van der Waals surface area (Å²) in [5, 5.41) is 3.96. The minimum absolute atomic E-state index is 0.123. The van der Waals surface area contributed by atoms with Crippen molar-refractivity contribution >= 4 is 29.4 Å². The van der Waals surface area contributed by atoms with Gasteiger partial charge in [0.15, 0.2) is 0 Å². The number of aromatic nitrogens is 1. The molecule has 1 aromatic heterocycles. The first kappa shape index (κ1) is 21.2. The Labute approximate surface area is 176 Å². The second-order valence-electron chi connectivity index (χ2n) is 8.12. The normalized spacial score (nSPS) is 14.6. The smallest absolute Gasteiger partial charge is 0.321 e. The topological polar surface area (TPSA) is 65.5 Å². The first-order valence-electron chi connectivity index (χ1n) is 9.81. The standard InChI is InChI=1S/C22H28N4O2S/c1-22(2,3)20(27)25-11-13-26(14-12-25)21(28)24-18-8-6-7-17(15-18)16-29-19-9-4-5-10-23-19/h4-10,15H,11-14,16H2,1-3H3,(H,24,28). The summed E-state index contributed by atoms with van der Waals surface area (Å²) in [5.74, 6) is 0.921. The summed E-state index contributed by atoms with van der Waals surface area (Å²) in [6.07, 6.45) is 1.79. The van der Waals surface area contributed by atoms with Gasteiger partial charge in [-0.1, -0.05) is 39.0 Å². The molecule has 6 nitrogen and oxygen atoms in total. The van der Waals surface area contributed by atoms with Crippen LogP contribution in [0.4, 0.5) is 10.5 Å². The van der Waals surface area contributed by atoms with Crippen molar-refractivity contribution in [2.75, 3.05) is 31.5 Å². The Bertz CT molecular complexity index is 843. The zero-order valence-electron chi connectivity index (χ0n) is 17.2. The average molecular weight is 413 g/mol. The quantitative estimate of drug-likeness (QED) is 0.768. The summed E-state index contributed by atoms with van der Waals surface area (Å²) in [7, 11) is 0. The Balaban J connectivity index is 1.51. The maximum absolute atomic E-state index is 12.6. The molecule has 1 fully saturated rings. The van der Waals surface area contributed by atoms with Crippen LogP contribution in [-0.2, 0) is 10.5 Å². The lowest BCUT2D eigenvalue weighted by atomic mass is 9.94. The molecule has 1 saturated heterocycles. The summed E-state index contributed by atoms with van der Waals surface area (Å²) >= 11 is 1.66. The van der Waals surface area contributed by atoms with Crippen LogP contribution >= 0.6 is 11.8 Å². The second-order valence-corrected chi connectivity index (χ2v) is 9.11. The van der Waals surface area contributed by atoms with Crippen LogP contribution in [0.1, 0.15) is 26.3 Å². The minimum atomic E-state index is -0.391. The molecule has 0 aliphatic carbocycles. The highest BCUT2D eigenvalue weighted by Gasteiger charge is 2.30. The van der Waals surface area contributed by atoms with E-state index in [0.29, 0.717) is 26.2 Å². The summed E-state index contributed by atoms with van der Waals surface area (Å²) in [6.45, 7) is 8.01. The van der Waals surface area contributed by atoms with Crippen LogP contribution in [0.25, 0.3) is 0 Å². The van der Waals surface area contributed by atoms with Crippen molar-refractivity contribution in [2.24, 2.45) is 5.41 Å². The van der Waals surface area contributed by atoms with Crippen LogP contribution in [0.3, 0.4) is 0 Å². The number of rotatable bonds is 4. The van der Waals surface area contributed by atoms with Gasteiger partial charge in [-0.05, 0) is 29.8 Å². The van der Waals surface area contributed by atoms with Gasteiger partial charge in [-0.25, -0.2) is 9.78 Å². The molecular formula is C22H28N4O2S. The van der Waals surface area contributed by atoms with Gasteiger partial charge in [0.1, 0.15) is 0 Å². The summed E-state index contributed by atoms with van der Waals surface area (Å²) in [5.41, 5.74) is 1.51. The Morgan fingerprint density at radius 3 is 2.41 bits per heavy atom. The third kappa shape index (κ3) is 5.97. The lowest BCUT2D eigenvalue weighted by Crippen LogP contribution is -2.53. The van der Waals surface area contributed by atoms with Gasteiger partial charge in [-0.3, -0.25) is 4.79 Å². The van der Waals surface area contributed by atoms with E-state index in [-0.39, 0.29) is 11.9 Å². The Hall–Kier alpha value is -2.54. The minimum Gasteiger partial charge on any atom is -0.339 e. The summed E-state index contributed by atoms with van der Waals surface area (Å²) < 4.78 is 0. The first-order chi connectivity index (χ1) is 13.8. The maximum atomic E-state index is 12.6. The van der Waals surface area contributed by atoms with Gasteiger partial charge < -0.3 is 15.1 Å². The fraction of sp³-hybridized carbons (Fsp3) is 0.409. The molecule has 1 N–H and O–H groups in total. The van der Waals surface area contributed by atoms with E-state index in [0.717, 1.165) is 22.0 Å². The predicted molar refractivity (Wildman–Crippen MR) is 117 cm³/mol. The molecule has 0 unspecified atom stereocenters. The summed E-state index contributed by atoms with van der Waals surface area (Å²) in [6, 6.07) is 13.6. The number of carbonyl (C=O) groups excluding carboxylic acids is 2. The Morgan fingerprint density at radius 1 is 1.03 bits per heavy atom. The zero-order chi connectivity index (χ0) is 20.9. The van der Waals surface area contributed by atoms with Crippen molar-refractivity contribution in [3.05, 3.63) is 54.2 Å². The Kier molecular flexibility index (Phi) is 6.79. The first-order valence-corrected chi connectivity index (χ1v) is 10.8. The van der Waals surface area contributed by atoms with E-state index in [1.165, 1.54) is 0 Å². The number of piperazine rings is 1. The number of amides is 3. The molecule has 0 saturated carbocycles. The number of thioether (sulfide) groups is 1. The number of hydrogen-bond acceptors (Lipinski definition) is 4. The number of nitrogens with one attached hydrogen (secondary N) is 1. The van der Waals surface area contributed by atoms with E-state index in [1.807, 2.05) is 68.1 Å². The van der Waals surface area contributed by atoms with Crippen LogP contribution in [-0.4, -0.2) is 52.9 Å². The molecule has 3 amide bonds. The molecule has 0 atom stereocenters. The zero-order valence-corrected chi connectivity index (χ0v) is 18.0. The summed E-state index contributed by atoms with van der Waals surface area (Å²) in [4.78, 5) is 32.9. The lowest BCUT2D eigenvalue weighted by Gasteiger charge is -2.37. The number of carbonyl (C=O) groups is 2.